The third-order valence-electron chi connectivity index (χ3n) is 2.99. The van der Waals surface area contributed by atoms with Crippen LogP contribution in [0.4, 0.5) is 13.2 Å². The van der Waals surface area contributed by atoms with Crippen molar-refractivity contribution in [1.29, 1.82) is 0 Å². The number of hydrogen-bond donors (Lipinski definition) is 1. The molecule has 0 radical (unpaired) electrons. The summed E-state index contributed by atoms with van der Waals surface area (Å²) in [6.07, 6.45) is -4.59. The second-order valence-corrected chi connectivity index (χ2v) is 4.29. The van der Waals surface area contributed by atoms with E-state index in [-0.39, 0.29) is 17.6 Å². The third kappa shape index (κ3) is 2.05. The van der Waals surface area contributed by atoms with Crippen molar-refractivity contribution in [1.82, 2.24) is 9.55 Å². The average Bonchev–Trinajstić information content (AvgIpc) is 2.75. The fourth-order valence-corrected chi connectivity index (χ4v) is 2.20. The first-order valence-corrected chi connectivity index (χ1v) is 5.98. The summed E-state index contributed by atoms with van der Waals surface area (Å²) < 4.78 is 50.5. The van der Waals surface area contributed by atoms with E-state index in [4.69, 9.17) is 14.6 Å². The van der Waals surface area contributed by atoms with Gasteiger partial charge in [0.15, 0.2) is 11.5 Å². The molecule has 8 heteroatoms. The highest BCUT2D eigenvalue weighted by atomic mass is 19.4. The number of aliphatic hydroxyl groups excluding tert-OH is 1. The van der Waals surface area contributed by atoms with Crippen molar-refractivity contribution in [2.24, 2.45) is 0 Å². The molecule has 0 aliphatic carbocycles. The molecule has 0 saturated heterocycles. The highest BCUT2D eigenvalue weighted by Gasteiger charge is 2.37. The van der Waals surface area contributed by atoms with E-state index in [0.29, 0.717) is 24.7 Å². The summed E-state index contributed by atoms with van der Waals surface area (Å²) in [6.45, 7) is 0.0920. The zero-order chi connectivity index (χ0) is 14.3. The Hall–Kier alpha value is -1.96. The molecule has 0 atom stereocenters. The molecule has 0 fully saturated rings. The number of imidazole rings is 1. The highest BCUT2D eigenvalue weighted by molar-refractivity contribution is 5.81. The molecule has 0 spiro atoms. The number of benzene rings is 1. The van der Waals surface area contributed by atoms with Gasteiger partial charge in [0.2, 0.25) is 5.82 Å². The Morgan fingerprint density at radius 2 is 1.85 bits per heavy atom. The first-order chi connectivity index (χ1) is 9.50. The normalized spacial score (nSPS) is 14.8. The van der Waals surface area contributed by atoms with Crippen LogP contribution in [-0.4, -0.2) is 34.5 Å². The Balaban J connectivity index is 2.23. The van der Waals surface area contributed by atoms with Gasteiger partial charge in [0.1, 0.15) is 13.2 Å². The van der Waals surface area contributed by atoms with Crippen molar-refractivity contribution in [3.63, 3.8) is 0 Å². The van der Waals surface area contributed by atoms with Gasteiger partial charge in [-0.1, -0.05) is 0 Å². The fourth-order valence-electron chi connectivity index (χ4n) is 2.20. The van der Waals surface area contributed by atoms with Crippen molar-refractivity contribution in [3.05, 3.63) is 18.0 Å². The summed E-state index contributed by atoms with van der Waals surface area (Å²) in [5.74, 6) is -0.272. The van der Waals surface area contributed by atoms with Gasteiger partial charge in [0.05, 0.1) is 17.6 Å². The lowest BCUT2D eigenvalue weighted by molar-refractivity contribution is -0.147. The smallest absolute Gasteiger partial charge is 0.449 e. The number of nitrogens with zero attached hydrogens (tertiary/aromatic N) is 2. The SMILES string of the molecule is OCCn1c(C(F)(F)F)nc2cc3c(cc21)OCCO3. The summed E-state index contributed by atoms with van der Waals surface area (Å²) >= 11 is 0. The second-order valence-electron chi connectivity index (χ2n) is 4.29. The maximum Gasteiger partial charge on any atom is 0.449 e. The summed E-state index contributed by atoms with van der Waals surface area (Å²) in [4.78, 5) is 3.60. The van der Waals surface area contributed by atoms with Gasteiger partial charge in [-0.3, -0.25) is 0 Å². The minimum atomic E-state index is -4.59. The Bertz CT molecular complexity index is 651. The van der Waals surface area contributed by atoms with E-state index < -0.39 is 18.6 Å². The van der Waals surface area contributed by atoms with Crippen LogP contribution < -0.4 is 9.47 Å². The van der Waals surface area contributed by atoms with Gasteiger partial charge in [-0.25, -0.2) is 4.98 Å². The molecule has 0 bridgehead atoms. The Morgan fingerprint density at radius 1 is 1.20 bits per heavy atom. The fraction of sp³-hybridized carbons (Fsp3) is 0.417. The number of alkyl halides is 3. The minimum absolute atomic E-state index is 0.162. The summed E-state index contributed by atoms with van der Waals surface area (Å²) in [7, 11) is 0. The van der Waals surface area contributed by atoms with Crippen LogP contribution in [0.25, 0.3) is 11.0 Å². The monoisotopic (exact) mass is 288 g/mol. The van der Waals surface area contributed by atoms with E-state index in [1.807, 2.05) is 0 Å². The minimum Gasteiger partial charge on any atom is -0.486 e. The predicted octanol–water partition coefficient (Wildman–Crippen LogP) is 1.82. The first kappa shape index (κ1) is 13.0. The highest BCUT2D eigenvalue weighted by Crippen LogP contribution is 2.37. The second kappa shape index (κ2) is 4.55. The molecule has 1 N–H and O–H groups in total. The van der Waals surface area contributed by atoms with Crippen molar-refractivity contribution >= 4 is 11.0 Å². The average molecular weight is 288 g/mol. The number of aromatic nitrogens is 2. The van der Waals surface area contributed by atoms with E-state index in [1.54, 1.807) is 0 Å². The Morgan fingerprint density at radius 3 is 2.45 bits per heavy atom. The standard InChI is InChI=1S/C12H11F3N2O3/c13-12(14,15)11-16-7-5-9-10(20-4-3-19-9)6-8(7)17(11)1-2-18/h5-6,18H,1-4H2. The van der Waals surface area contributed by atoms with Crippen LogP contribution in [0.3, 0.4) is 0 Å². The van der Waals surface area contributed by atoms with E-state index in [1.165, 1.54) is 12.1 Å². The van der Waals surface area contributed by atoms with Gasteiger partial charge in [-0.05, 0) is 0 Å². The van der Waals surface area contributed by atoms with Crippen LogP contribution in [0.2, 0.25) is 0 Å². The molecule has 1 aromatic heterocycles. The predicted molar refractivity (Wildman–Crippen MR) is 62.8 cm³/mol. The molecular formula is C12H11F3N2O3. The van der Waals surface area contributed by atoms with Gasteiger partial charge in [-0.15, -0.1) is 0 Å². The van der Waals surface area contributed by atoms with Crippen molar-refractivity contribution in [2.75, 3.05) is 19.8 Å². The molecule has 1 aliphatic heterocycles. The zero-order valence-corrected chi connectivity index (χ0v) is 10.3. The first-order valence-electron chi connectivity index (χ1n) is 5.98. The van der Waals surface area contributed by atoms with Crippen LogP contribution in [0.1, 0.15) is 5.82 Å². The molecule has 1 aliphatic rings. The lowest BCUT2D eigenvalue weighted by atomic mass is 10.2. The molecule has 0 amide bonds. The molecule has 0 saturated carbocycles. The Labute approximate surface area is 111 Å². The van der Waals surface area contributed by atoms with Crippen LogP contribution in [0.15, 0.2) is 12.1 Å². The van der Waals surface area contributed by atoms with E-state index in [9.17, 15) is 13.2 Å². The number of fused-ring (bicyclic) bond motifs is 2. The van der Waals surface area contributed by atoms with Crippen LogP contribution in [0.5, 0.6) is 11.5 Å². The molecule has 1 aromatic carbocycles. The number of aliphatic hydroxyl groups is 1. The topological polar surface area (TPSA) is 56.5 Å². The number of ether oxygens (including phenoxy) is 2. The molecular weight excluding hydrogens is 277 g/mol. The number of hydrogen-bond acceptors (Lipinski definition) is 4. The number of rotatable bonds is 2. The molecule has 2 aromatic rings. The van der Waals surface area contributed by atoms with Crippen molar-refractivity contribution < 1.29 is 27.8 Å². The maximum atomic E-state index is 13.0. The Kier molecular flexibility index (Phi) is 2.97. The number of halogens is 3. The van der Waals surface area contributed by atoms with Crippen LogP contribution in [-0.2, 0) is 12.7 Å². The molecule has 5 nitrogen and oxygen atoms in total. The van der Waals surface area contributed by atoms with E-state index in [2.05, 4.69) is 4.98 Å². The summed E-state index contributed by atoms with van der Waals surface area (Å²) in [5, 5.41) is 8.95. The van der Waals surface area contributed by atoms with E-state index >= 15 is 0 Å². The maximum absolute atomic E-state index is 13.0. The van der Waals surface area contributed by atoms with Crippen LogP contribution >= 0.6 is 0 Å². The summed E-state index contributed by atoms with van der Waals surface area (Å²) in [5.41, 5.74) is 0.422. The molecule has 0 unspecified atom stereocenters. The largest absolute Gasteiger partial charge is 0.486 e. The third-order valence-corrected chi connectivity index (χ3v) is 2.99. The van der Waals surface area contributed by atoms with Gasteiger partial charge in [0.25, 0.3) is 0 Å². The van der Waals surface area contributed by atoms with Gasteiger partial charge >= 0.3 is 6.18 Å². The molecule has 20 heavy (non-hydrogen) atoms. The zero-order valence-electron chi connectivity index (χ0n) is 10.3. The molecule has 2 heterocycles. The van der Waals surface area contributed by atoms with Crippen LogP contribution in [0, 0.1) is 0 Å². The van der Waals surface area contributed by atoms with Crippen molar-refractivity contribution in [3.8, 4) is 11.5 Å². The molecule has 3 rings (SSSR count). The summed E-state index contributed by atoms with van der Waals surface area (Å²) in [6, 6.07) is 2.88. The van der Waals surface area contributed by atoms with E-state index in [0.717, 1.165) is 4.57 Å². The lowest BCUT2D eigenvalue weighted by Crippen LogP contribution is -2.17. The lowest BCUT2D eigenvalue weighted by Gasteiger charge is -2.18. The van der Waals surface area contributed by atoms with Gasteiger partial charge < -0.3 is 19.1 Å². The van der Waals surface area contributed by atoms with Gasteiger partial charge in [-0.2, -0.15) is 13.2 Å². The molecule has 108 valence electrons. The van der Waals surface area contributed by atoms with Crippen molar-refractivity contribution in [2.45, 2.75) is 12.7 Å². The quantitative estimate of drug-likeness (QED) is 0.916. The van der Waals surface area contributed by atoms with Gasteiger partial charge in [0, 0.05) is 18.7 Å².